The SMILES string of the molecule is COCCN(CC(C)C)c1ccc(C(C)=O)cn1. The minimum Gasteiger partial charge on any atom is -0.383 e. The van der Waals surface area contributed by atoms with Crippen LogP contribution in [0.2, 0.25) is 0 Å². The van der Waals surface area contributed by atoms with Gasteiger partial charge < -0.3 is 9.64 Å². The van der Waals surface area contributed by atoms with E-state index in [0.717, 1.165) is 18.9 Å². The lowest BCUT2D eigenvalue weighted by Crippen LogP contribution is -2.31. The number of aromatic nitrogens is 1. The lowest BCUT2D eigenvalue weighted by molar-refractivity contribution is 0.101. The van der Waals surface area contributed by atoms with E-state index in [2.05, 4.69) is 23.7 Å². The summed E-state index contributed by atoms with van der Waals surface area (Å²) in [7, 11) is 1.69. The van der Waals surface area contributed by atoms with Crippen molar-refractivity contribution in [2.75, 3.05) is 31.7 Å². The molecule has 4 heteroatoms. The van der Waals surface area contributed by atoms with E-state index in [1.54, 1.807) is 20.2 Å². The van der Waals surface area contributed by atoms with Crippen molar-refractivity contribution in [3.63, 3.8) is 0 Å². The summed E-state index contributed by atoms with van der Waals surface area (Å²) >= 11 is 0. The standard InChI is InChI=1S/C14H22N2O2/c1-11(2)10-16(7-8-18-4)14-6-5-13(9-15-14)12(3)17/h5-6,9,11H,7-8,10H2,1-4H3. The highest BCUT2D eigenvalue weighted by Gasteiger charge is 2.10. The van der Waals surface area contributed by atoms with Gasteiger partial charge in [0.1, 0.15) is 5.82 Å². The van der Waals surface area contributed by atoms with E-state index in [9.17, 15) is 4.79 Å². The maximum Gasteiger partial charge on any atom is 0.161 e. The van der Waals surface area contributed by atoms with Gasteiger partial charge in [-0.15, -0.1) is 0 Å². The first kappa shape index (κ1) is 14.6. The van der Waals surface area contributed by atoms with Crippen LogP contribution in [0.5, 0.6) is 0 Å². The van der Waals surface area contributed by atoms with Gasteiger partial charge in [-0.05, 0) is 25.0 Å². The average Bonchev–Trinajstić information content (AvgIpc) is 2.34. The van der Waals surface area contributed by atoms with Crippen molar-refractivity contribution in [2.45, 2.75) is 20.8 Å². The van der Waals surface area contributed by atoms with E-state index in [1.165, 1.54) is 0 Å². The highest BCUT2D eigenvalue weighted by molar-refractivity contribution is 5.93. The molecule has 0 spiro atoms. The largest absolute Gasteiger partial charge is 0.383 e. The maximum absolute atomic E-state index is 11.2. The van der Waals surface area contributed by atoms with Gasteiger partial charge in [0.2, 0.25) is 0 Å². The van der Waals surface area contributed by atoms with Crippen molar-refractivity contribution in [2.24, 2.45) is 5.92 Å². The van der Waals surface area contributed by atoms with Crippen LogP contribution in [0.3, 0.4) is 0 Å². The van der Waals surface area contributed by atoms with E-state index in [-0.39, 0.29) is 5.78 Å². The van der Waals surface area contributed by atoms with Crippen molar-refractivity contribution in [3.05, 3.63) is 23.9 Å². The van der Waals surface area contributed by atoms with Crippen molar-refractivity contribution < 1.29 is 9.53 Å². The van der Waals surface area contributed by atoms with Crippen molar-refractivity contribution >= 4 is 11.6 Å². The number of hydrogen-bond donors (Lipinski definition) is 0. The second-order valence-electron chi connectivity index (χ2n) is 4.79. The molecule has 0 aliphatic carbocycles. The Hall–Kier alpha value is -1.42. The van der Waals surface area contributed by atoms with Crippen LogP contribution in [-0.2, 0) is 4.74 Å². The van der Waals surface area contributed by atoms with E-state index in [1.807, 2.05) is 12.1 Å². The van der Waals surface area contributed by atoms with Gasteiger partial charge in [0.25, 0.3) is 0 Å². The molecule has 1 heterocycles. The molecule has 0 saturated heterocycles. The van der Waals surface area contributed by atoms with E-state index in [0.29, 0.717) is 18.1 Å². The highest BCUT2D eigenvalue weighted by Crippen LogP contribution is 2.13. The van der Waals surface area contributed by atoms with Crippen molar-refractivity contribution in [3.8, 4) is 0 Å². The topological polar surface area (TPSA) is 42.4 Å². The molecule has 0 atom stereocenters. The summed E-state index contributed by atoms with van der Waals surface area (Å²) in [6.45, 7) is 8.29. The Balaban J connectivity index is 2.80. The Bertz CT molecular complexity index is 374. The lowest BCUT2D eigenvalue weighted by Gasteiger charge is -2.25. The second-order valence-corrected chi connectivity index (χ2v) is 4.79. The summed E-state index contributed by atoms with van der Waals surface area (Å²) in [6, 6.07) is 3.72. The minimum absolute atomic E-state index is 0.0429. The van der Waals surface area contributed by atoms with Gasteiger partial charge >= 0.3 is 0 Å². The predicted octanol–water partition coefficient (Wildman–Crippen LogP) is 2.39. The first-order valence-electron chi connectivity index (χ1n) is 6.25. The third-order valence-corrected chi connectivity index (χ3v) is 2.63. The molecule has 1 aromatic heterocycles. The number of hydrogen-bond acceptors (Lipinski definition) is 4. The average molecular weight is 250 g/mol. The van der Waals surface area contributed by atoms with Crippen LogP contribution in [0, 0.1) is 5.92 Å². The third-order valence-electron chi connectivity index (χ3n) is 2.63. The number of ketones is 1. The molecule has 18 heavy (non-hydrogen) atoms. The number of pyridine rings is 1. The Morgan fingerprint density at radius 1 is 1.44 bits per heavy atom. The lowest BCUT2D eigenvalue weighted by atomic mass is 10.2. The summed E-state index contributed by atoms with van der Waals surface area (Å²) in [5.74, 6) is 1.49. The van der Waals surface area contributed by atoms with Gasteiger partial charge in [0.05, 0.1) is 6.61 Å². The number of ether oxygens (including phenoxy) is 1. The summed E-state index contributed by atoms with van der Waals surface area (Å²) in [5, 5.41) is 0. The fourth-order valence-electron chi connectivity index (χ4n) is 1.72. The highest BCUT2D eigenvalue weighted by atomic mass is 16.5. The number of methoxy groups -OCH3 is 1. The van der Waals surface area contributed by atoms with Gasteiger partial charge in [-0.1, -0.05) is 13.8 Å². The Morgan fingerprint density at radius 3 is 2.61 bits per heavy atom. The first-order valence-corrected chi connectivity index (χ1v) is 6.25. The van der Waals surface area contributed by atoms with E-state index >= 15 is 0 Å². The number of anilines is 1. The van der Waals surface area contributed by atoms with Crippen LogP contribution < -0.4 is 4.90 Å². The van der Waals surface area contributed by atoms with Crippen LogP contribution in [0.4, 0.5) is 5.82 Å². The summed E-state index contributed by atoms with van der Waals surface area (Å²) < 4.78 is 5.11. The van der Waals surface area contributed by atoms with Crippen LogP contribution >= 0.6 is 0 Å². The number of Topliss-reactive ketones (excluding diaryl/α,β-unsaturated/α-hetero) is 1. The molecule has 0 N–H and O–H groups in total. The molecule has 4 nitrogen and oxygen atoms in total. The Morgan fingerprint density at radius 2 is 2.17 bits per heavy atom. The van der Waals surface area contributed by atoms with Gasteiger partial charge in [-0.25, -0.2) is 4.98 Å². The van der Waals surface area contributed by atoms with Crippen molar-refractivity contribution in [1.82, 2.24) is 4.98 Å². The number of nitrogens with zero attached hydrogens (tertiary/aromatic N) is 2. The molecule has 0 saturated carbocycles. The van der Waals surface area contributed by atoms with Gasteiger partial charge in [-0.3, -0.25) is 4.79 Å². The second kappa shape index (κ2) is 7.11. The zero-order chi connectivity index (χ0) is 13.5. The molecular formula is C14H22N2O2. The third kappa shape index (κ3) is 4.45. The molecule has 0 bridgehead atoms. The zero-order valence-corrected chi connectivity index (χ0v) is 11.6. The van der Waals surface area contributed by atoms with E-state index < -0.39 is 0 Å². The molecular weight excluding hydrogens is 228 g/mol. The van der Waals surface area contributed by atoms with Gasteiger partial charge in [-0.2, -0.15) is 0 Å². The maximum atomic E-state index is 11.2. The molecule has 1 rings (SSSR count). The number of rotatable bonds is 7. The number of carbonyl (C=O) groups excluding carboxylic acids is 1. The summed E-state index contributed by atoms with van der Waals surface area (Å²) in [5.41, 5.74) is 0.648. The molecule has 0 radical (unpaired) electrons. The quantitative estimate of drug-likeness (QED) is 0.697. The van der Waals surface area contributed by atoms with Crippen LogP contribution in [-0.4, -0.2) is 37.6 Å². The fourth-order valence-corrected chi connectivity index (χ4v) is 1.72. The normalized spacial score (nSPS) is 10.7. The van der Waals surface area contributed by atoms with Crippen LogP contribution in [0.1, 0.15) is 31.1 Å². The smallest absolute Gasteiger partial charge is 0.161 e. The Kier molecular flexibility index (Phi) is 5.78. The fraction of sp³-hybridized carbons (Fsp3) is 0.571. The first-order chi connectivity index (χ1) is 8.54. The van der Waals surface area contributed by atoms with E-state index in [4.69, 9.17) is 4.74 Å². The molecule has 0 aliphatic heterocycles. The van der Waals surface area contributed by atoms with Gasteiger partial charge in [0, 0.05) is 32.0 Å². The molecule has 0 fully saturated rings. The molecule has 0 amide bonds. The predicted molar refractivity (Wildman–Crippen MR) is 73.2 cm³/mol. The van der Waals surface area contributed by atoms with Crippen LogP contribution in [0.15, 0.2) is 18.3 Å². The molecule has 0 unspecified atom stereocenters. The zero-order valence-electron chi connectivity index (χ0n) is 11.6. The molecule has 1 aromatic rings. The molecule has 100 valence electrons. The molecule has 0 aromatic carbocycles. The monoisotopic (exact) mass is 250 g/mol. The minimum atomic E-state index is 0.0429. The summed E-state index contributed by atoms with van der Waals surface area (Å²) in [6.07, 6.45) is 1.64. The van der Waals surface area contributed by atoms with Gasteiger partial charge in [0.15, 0.2) is 5.78 Å². The van der Waals surface area contributed by atoms with Crippen LogP contribution in [0.25, 0.3) is 0 Å². The molecule has 0 aliphatic rings. The van der Waals surface area contributed by atoms with Crippen molar-refractivity contribution in [1.29, 1.82) is 0 Å². The number of carbonyl (C=O) groups is 1. The summed E-state index contributed by atoms with van der Waals surface area (Å²) in [4.78, 5) is 17.7. The Labute approximate surface area is 109 Å².